The number of carbonyl (C=O) groups is 1. The maximum Gasteiger partial charge on any atom is 0.368 e. The first kappa shape index (κ1) is 28.7. The second kappa shape index (κ2) is 11.8. The molecule has 0 spiro atoms. The lowest BCUT2D eigenvalue weighted by Gasteiger charge is -2.47. The second-order valence-electron chi connectivity index (χ2n) is 10.8. The minimum Gasteiger partial charge on any atom is -0.506 e. The minimum absolute atomic E-state index is 0.0231. The first-order valence-corrected chi connectivity index (χ1v) is 15.3. The molecule has 1 heterocycles. The zero-order valence-electron chi connectivity index (χ0n) is 23.2. The normalized spacial score (nSPS) is 21.2. The Labute approximate surface area is 226 Å². The Kier molecular flexibility index (Phi) is 8.91. The van der Waals surface area contributed by atoms with E-state index in [0.29, 0.717) is 30.6 Å². The number of Topliss-reactive ketones (excluding diaryl/α,β-unsaturated/α-hetero) is 1. The summed E-state index contributed by atoms with van der Waals surface area (Å²) in [4.78, 5) is 12.5. The third-order valence-corrected chi connectivity index (χ3v) is 9.84. The van der Waals surface area contributed by atoms with Crippen LogP contribution < -0.4 is 14.8 Å². The summed E-state index contributed by atoms with van der Waals surface area (Å²) in [5, 5.41) is 11.8. The third kappa shape index (κ3) is 5.95. The molecule has 0 bridgehead atoms. The van der Waals surface area contributed by atoms with Crippen LogP contribution in [0.5, 0.6) is 17.2 Å². The number of hydrogen-bond donors (Lipinski definition) is 1. The van der Waals surface area contributed by atoms with Crippen LogP contribution in [0, 0.1) is 5.92 Å². The molecule has 1 saturated carbocycles. The van der Waals surface area contributed by atoms with Crippen molar-refractivity contribution < 1.29 is 33.0 Å². The number of ketones is 1. The average molecular weight is 545 g/mol. The van der Waals surface area contributed by atoms with Crippen LogP contribution in [0.25, 0.3) is 0 Å². The van der Waals surface area contributed by atoms with Crippen molar-refractivity contribution >= 4 is 18.7 Å². The predicted octanol–water partition coefficient (Wildman–Crippen LogP) is 6.70. The number of fused-ring (bicyclic) bond motifs is 3. The molecule has 0 saturated heterocycles. The van der Waals surface area contributed by atoms with Gasteiger partial charge in [-0.25, -0.2) is 0 Å². The Bertz CT molecular complexity index is 1170. The molecule has 0 radical (unpaired) electrons. The molecular weight excluding hydrogens is 503 g/mol. The maximum absolute atomic E-state index is 14.1. The van der Waals surface area contributed by atoms with Crippen LogP contribution in [0.2, 0.25) is 0 Å². The standard InChI is InChI=1S/C30H41O7P/c1-6-34-38(33,35-7-2)29-26(36-20(3)12-11-15-21-13-9-8-10-14-21)19-25-27(28(29)32)23-18-22(31)16-17-24(23)30(4,5)37-25/h8-10,13-14,19-20,23-24,32H,6-7,11-12,15-18H2,1-5H3/t20-,23+,24+/m0/s1. The summed E-state index contributed by atoms with van der Waals surface area (Å²) in [7, 11) is -3.93. The van der Waals surface area contributed by atoms with Crippen molar-refractivity contribution in [3.8, 4) is 17.2 Å². The van der Waals surface area contributed by atoms with Crippen LogP contribution in [0.1, 0.15) is 83.8 Å². The fourth-order valence-electron chi connectivity index (χ4n) is 5.95. The number of hydrogen-bond acceptors (Lipinski definition) is 7. The van der Waals surface area contributed by atoms with Crippen molar-refractivity contribution in [2.24, 2.45) is 5.92 Å². The largest absolute Gasteiger partial charge is 0.506 e. The Balaban J connectivity index is 1.72. The molecule has 2 aromatic carbocycles. The third-order valence-electron chi connectivity index (χ3n) is 7.66. The van der Waals surface area contributed by atoms with Gasteiger partial charge >= 0.3 is 7.60 Å². The molecule has 4 rings (SSSR count). The Morgan fingerprint density at radius 1 is 1.16 bits per heavy atom. The Hall–Kier alpha value is -2.34. The molecule has 0 amide bonds. The van der Waals surface area contributed by atoms with Gasteiger partial charge < -0.3 is 23.6 Å². The lowest BCUT2D eigenvalue weighted by atomic mass is 9.66. The molecule has 0 unspecified atom stereocenters. The number of rotatable bonds is 11. The van der Waals surface area contributed by atoms with Crippen molar-refractivity contribution in [2.75, 3.05) is 13.2 Å². The first-order valence-electron chi connectivity index (χ1n) is 13.8. The van der Waals surface area contributed by atoms with Gasteiger partial charge in [0.15, 0.2) is 0 Å². The van der Waals surface area contributed by atoms with E-state index in [4.69, 9.17) is 18.5 Å². The summed E-state index contributed by atoms with van der Waals surface area (Å²) in [5.74, 6) is 0.422. The van der Waals surface area contributed by atoms with E-state index in [9.17, 15) is 14.5 Å². The molecule has 2 aliphatic rings. The van der Waals surface area contributed by atoms with Crippen LogP contribution in [-0.2, 0) is 24.8 Å². The SMILES string of the molecule is CCOP(=O)(OCC)c1c(O[C@@H](C)CCCc2ccccc2)cc2c(c1O)[C@@H]1CC(=O)CC[C@H]1C(C)(C)O2. The molecule has 3 atom stereocenters. The highest BCUT2D eigenvalue weighted by Gasteiger charge is 2.50. The van der Waals surface area contributed by atoms with Crippen molar-refractivity contribution in [3.63, 3.8) is 0 Å². The van der Waals surface area contributed by atoms with Gasteiger partial charge in [-0.05, 0) is 65.9 Å². The summed E-state index contributed by atoms with van der Waals surface area (Å²) < 4.78 is 38.2. The molecule has 8 heteroatoms. The smallest absolute Gasteiger partial charge is 0.368 e. The molecule has 0 aromatic heterocycles. The van der Waals surface area contributed by atoms with Crippen LogP contribution in [-0.4, -0.2) is 35.8 Å². The van der Waals surface area contributed by atoms with Gasteiger partial charge in [-0.2, -0.15) is 0 Å². The van der Waals surface area contributed by atoms with E-state index in [1.54, 1.807) is 19.9 Å². The highest BCUT2D eigenvalue weighted by atomic mass is 31.2. The summed E-state index contributed by atoms with van der Waals surface area (Å²) in [5.41, 5.74) is 1.23. The maximum atomic E-state index is 14.1. The number of benzene rings is 2. The van der Waals surface area contributed by atoms with Gasteiger partial charge in [0.05, 0.1) is 19.3 Å². The Morgan fingerprint density at radius 3 is 2.50 bits per heavy atom. The second-order valence-corrected chi connectivity index (χ2v) is 12.8. The van der Waals surface area contributed by atoms with Gasteiger partial charge in [0, 0.05) is 36.3 Å². The van der Waals surface area contributed by atoms with Gasteiger partial charge in [0.25, 0.3) is 0 Å². The number of phenolic OH excluding ortho intramolecular Hbond substituents is 1. The molecule has 1 aliphatic heterocycles. The highest BCUT2D eigenvalue weighted by molar-refractivity contribution is 7.62. The van der Waals surface area contributed by atoms with E-state index < -0.39 is 13.2 Å². The van der Waals surface area contributed by atoms with E-state index in [2.05, 4.69) is 12.1 Å². The van der Waals surface area contributed by atoms with Crippen molar-refractivity contribution in [2.45, 2.75) is 90.8 Å². The van der Waals surface area contributed by atoms with Gasteiger partial charge in [-0.15, -0.1) is 0 Å². The van der Waals surface area contributed by atoms with Crippen molar-refractivity contribution in [1.29, 1.82) is 0 Å². The first-order chi connectivity index (χ1) is 18.1. The summed E-state index contributed by atoms with van der Waals surface area (Å²) in [6.07, 6.45) is 3.83. The van der Waals surface area contributed by atoms with Crippen molar-refractivity contribution in [3.05, 3.63) is 47.5 Å². The number of aryl methyl sites for hydroxylation is 1. The average Bonchev–Trinajstić information content (AvgIpc) is 2.84. The molecule has 1 aliphatic carbocycles. The molecule has 208 valence electrons. The zero-order chi connectivity index (χ0) is 27.5. The minimum atomic E-state index is -3.93. The van der Waals surface area contributed by atoms with Crippen LogP contribution >= 0.6 is 7.60 Å². The number of carbonyl (C=O) groups excluding carboxylic acids is 1. The van der Waals surface area contributed by atoms with E-state index >= 15 is 0 Å². The fraction of sp³-hybridized carbons (Fsp3) is 0.567. The number of aromatic hydroxyl groups is 1. The summed E-state index contributed by atoms with van der Waals surface area (Å²) in [6.45, 7) is 9.73. The van der Waals surface area contributed by atoms with Crippen molar-refractivity contribution in [1.82, 2.24) is 0 Å². The van der Waals surface area contributed by atoms with Gasteiger partial charge in [-0.1, -0.05) is 30.3 Å². The lowest BCUT2D eigenvalue weighted by Crippen LogP contribution is -2.47. The highest BCUT2D eigenvalue weighted by Crippen LogP contribution is 2.59. The van der Waals surface area contributed by atoms with E-state index in [0.717, 1.165) is 19.3 Å². The molecule has 1 N–H and O–H groups in total. The summed E-state index contributed by atoms with van der Waals surface area (Å²) in [6, 6.07) is 12.0. The molecular formula is C30H41O7P. The fourth-order valence-corrected chi connectivity index (χ4v) is 7.72. The number of ether oxygens (including phenoxy) is 2. The van der Waals surface area contributed by atoms with Crippen LogP contribution in [0.15, 0.2) is 36.4 Å². The van der Waals surface area contributed by atoms with E-state index in [1.165, 1.54) is 5.56 Å². The van der Waals surface area contributed by atoms with Gasteiger partial charge in [-0.3, -0.25) is 9.36 Å². The van der Waals surface area contributed by atoms with E-state index in [-0.39, 0.29) is 53.7 Å². The van der Waals surface area contributed by atoms with Gasteiger partial charge in [0.2, 0.25) is 0 Å². The summed E-state index contributed by atoms with van der Waals surface area (Å²) >= 11 is 0. The Morgan fingerprint density at radius 2 is 1.84 bits per heavy atom. The van der Waals surface area contributed by atoms with Gasteiger partial charge in [0.1, 0.15) is 33.9 Å². The molecule has 1 fully saturated rings. The topological polar surface area (TPSA) is 91.3 Å². The number of phenols is 1. The lowest BCUT2D eigenvalue weighted by molar-refractivity contribution is -0.124. The zero-order valence-corrected chi connectivity index (χ0v) is 24.1. The van der Waals surface area contributed by atoms with Crippen LogP contribution in [0.4, 0.5) is 0 Å². The van der Waals surface area contributed by atoms with E-state index in [1.807, 2.05) is 39.0 Å². The molecule has 7 nitrogen and oxygen atoms in total. The van der Waals surface area contributed by atoms with Crippen LogP contribution in [0.3, 0.4) is 0 Å². The molecule has 2 aromatic rings. The monoisotopic (exact) mass is 544 g/mol. The predicted molar refractivity (Wildman–Crippen MR) is 148 cm³/mol. The quantitative estimate of drug-likeness (QED) is 0.315. The molecule has 38 heavy (non-hydrogen) atoms.